The van der Waals surface area contributed by atoms with Crippen LogP contribution < -0.4 is 10.2 Å². The molecule has 2 aromatic carbocycles. The van der Waals surface area contributed by atoms with Gasteiger partial charge in [-0.3, -0.25) is 4.79 Å². The predicted octanol–water partition coefficient (Wildman–Crippen LogP) is 5.02. The van der Waals surface area contributed by atoms with Crippen LogP contribution in [0.1, 0.15) is 35.7 Å². The van der Waals surface area contributed by atoms with Gasteiger partial charge in [0.1, 0.15) is 0 Å². The Morgan fingerprint density at radius 2 is 2.03 bits per heavy atom. The summed E-state index contributed by atoms with van der Waals surface area (Å²) in [5, 5.41) is 19.8. The van der Waals surface area contributed by atoms with Crippen LogP contribution >= 0.6 is 11.6 Å². The highest BCUT2D eigenvalue weighted by Gasteiger charge is 2.38. The number of carboxylic acid groups (broad SMARTS) is 1. The van der Waals surface area contributed by atoms with Crippen molar-refractivity contribution in [2.24, 2.45) is 0 Å². The average molecular weight is 548 g/mol. The number of rotatable bonds is 4. The van der Waals surface area contributed by atoms with E-state index in [0.29, 0.717) is 11.6 Å². The second-order valence-electron chi connectivity index (χ2n) is 8.83. The summed E-state index contributed by atoms with van der Waals surface area (Å²) in [7, 11) is 0. The van der Waals surface area contributed by atoms with Crippen molar-refractivity contribution in [1.82, 2.24) is 20.3 Å². The highest BCUT2D eigenvalue weighted by atomic mass is 35.5. The standard InChI is InChI=1S/C24H24ClN5O.C2HF3O2/c1-16-24-21-6-5-18(17-7-10-26-11-8-17)13-22(21)23(9-12-30(24)28-27-16)29(15-31)20-4-2-3-19(25)14-20;3-2(4,5)1(6)7/h2-7,13-15,23,26H,8-12H2,1H3;(H,6,7). The minimum absolute atomic E-state index is 0.130. The number of fused-ring (bicyclic) bond motifs is 3. The van der Waals surface area contributed by atoms with Crippen LogP contribution in [0.15, 0.2) is 48.5 Å². The van der Waals surface area contributed by atoms with Gasteiger partial charge in [-0.05, 0) is 67.3 Å². The molecule has 1 unspecified atom stereocenters. The number of aromatic nitrogens is 3. The Labute approximate surface area is 221 Å². The minimum Gasteiger partial charge on any atom is -0.475 e. The number of carbonyl (C=O) groups excluding carboxylic acids is 1. The largest absolute Gasteiger partial charge is 0.490 e. The van der Waals surface area contributed by atoms with Gasteiger partial charge in [-0.25, -0.2) is 9.48 Å². The van der Waals surface area contributed by atoms with E-state index in [2.05, 4.69) is 39.9 Å². The highest BCUT2D eigenvalue weighted by molar-refractivity contribution is 6.30. The van der Waals surface area contributed by atoms with Crippen LogP contribution in [0.5, 0.6) is 0 Å². The molecule has 0 saturated carbocycles. The lowest BCUT2D eigenvalue weighted by Crippen LogP contribution is -2.28. The number of alkyl halides is 3. The summed E-state index contributed by atoms with van der Waals surface area (Å²) in [6.07, 6.45) is -0.190. The number of aryl methyl sites for hydroxylation is 2. The quantitative estimate of drug-likeness (QED) is 0.445. The Hall–Kier alpha value is -3.70. The molecule has 3 heterocycles. The molecule has 0 bridgehead atoms. The maximum absolute atomic E-state index is 12.3. The Balaban J connectivity index is 0.000000426. The third-order valence-corrected chi connectivity index (χ3v) is 6.65. The summed E-state index contributed by atoms with van der Waals surface area (Å²) in [5.41, 5.74) is 7.47. The zero-order valence-corrected chi connectivity index (χ0v) is 21.1. The summed E-state index contributed by atoms with van der Waals surface area (Å²) in [6, 6.07) is 13.9. The minimum atomic E-state index is -5.08. The van der Waals surface area contributed by atoms with E-state index in [1.807, 2.05) is 35.9 Å². The first-order valence-electron chi connectivity index (χ1n) is 11.8. The van der Waals surface area contributed by atoms with Crippen molar-refractivity contribution in [2.45, 2.75) is 38.5 Å². The Bertz CT molecular complexity index is 1370. The number of aliphatic carboxylic acids is 1. The first-order valence-corrected chi connectivity index (χ1v) is 12.2. The molecular formula is C26H25ClF3N5O3. The molecule has 12 heteroatoms. The molecule has 8 nitrogen and oxygen atoms in total. The van der Waals surface area contributed by atoms with Gasteiger partial charge in [-0.1, -0.05) is 41.1 Å². The Morgan fingerprint density at radius 1 is 1.26 bits per heavy atom. The van der Waals surface area contributed by atoms with Gasteiger partial charge in [-0.2, -0.15) is 13.2 Å². The fourth-order valence-corrected chi connectivity index (χ4v) is 4.85. The number of anilines is 1. The highest BCUT2D eigenvalue weighted by Crippen LogP contribution is 2.41. The van der Waals surface area contributed by atoms with E-state index in [0.717, 1.165) is 60.5 Å². The molecule has 0 fully saturated rings. The summed E-state index contributed by atoms with van der Waals surface area (Å²) >= 11 is 6.24. The normalized spacial score (nSPS) is 16.7. The third kappa shape index (κ3) is 5.89. The van der Waals surface area contributed by atoms with Crippen LogP contribution in [0, 0.1) is 6.92 Å². The second-order valence-corrected chi connectivity index (χ2v) is 9.27. The maximum Gasteiger partial charge on any atom is 0.490 e. The Kier molecular flexibility index (Phi) is 8.17. The summed E-state index contributed by atoms with van der Waals surface area (Å²) in [5.74, 6) is -2.76. The number of nitrogens with zero attached hydrogens (tertiary/aromatic N) is 4. The predicted molar refractivity (Wildman–Crippen MR) is 137 cm³/mol. The van der Waals surface area contributed by atoms with E-state index >= 15 is 0 Å². The fraction of sp³-hybridized carbons (Fsp3) is 0.308. The molecule has 2 N–H and O–H groups in total. The van der Waals surface area contributed by atoms with Gasteiger partial charge in [0.15, 0.2) is 0 Å². The Morgan fingerprint density at radius 3 is 2.66 bits per heavy atom. The molecule has 0 saturated heterocycles. The van der Waals surface area contributed by atoms with Crippen LogP contribution in [0.3, 0.4) is 0 Å². The van der Waals surface area contributed by atoms with Crippen molar-refractivity contribution in [3.05, 3.63) is 70.4 Å². The van der Waals surface area contributed by atoms with Crippen LogP contribution in [-0.4, -0.2) is 51.7 Å². The lowest BCUT2D eigenvalue weighted by Gasteiger charge is -2.29. The van der Waals surface area contributed by atoms with Gasteiger partial charge in [0.05, 0.1) is 17.4 Å². The molecule has 1 aromatic heterocycles. The number of carboxylic acids is 1. The van der Waals surface area contributed by atoms with Crippen molar-refractivity contribution in [3.63, 3.8) is 0 Å². The third-order valence-electron chi connectivity index (χ3n) is 6.42. The second kappa shape index (κ2) is 11.4. The van der Waals surface area contributed by atoms with Gasteiger partial charge in [-0.15, -0.1) is 5.10 Å². The number of hydrogen-bond donors (Lipinski definition) is 2. The van der Waals surface area contributed by atoms with E-state index in [1.165, 1.54) is 11.1 Å². The molecule has 5 rings (SSSR count). The molecule has 3 aromatic rings. The summed E-state index contributed by atoms with van der Waals surface area (Å²) in [4.78, 5) is 23.0. The molecule has 1 atom stereocenters. The van der Waals surface area contributed by atoms with Gasteiger partial charge >= 0.3 is 12.1 Å². The summed E-state index contributed by atoms with van der Waals surface area (Å²) < 4.78 is 33.7. The number of halogens is 4. The first-order chi connectivity index (χ1) is 18.1. The van der Waals surface area contributed by atoms with Gasteiger partial charge in [0.25, 0.3) is 0 Å². The number of amides is 1. The van der Waals surface area contributed by atoms with E-state index < -0.39 is 12.1 Å². The van der Waals surface area contributed by atoms with Crippen molar-refractivity contribution >= 4 is 35.2 Å². The van der Waals surface area contributed by atoms with Gasteiger partial charge < -0.3 is 15.3 Å². The van der Waals surface area contributed by atoms with E-state index in [4.69, 9.17) is 21.5 Å². The molecule has 2 aliphatic heterocycles. The molecule has 1 amide bonds. The molecule has 0 aliphatic carbocycles. The van der Waals surface area contributed by atoms with Crippen molar-refractivity contribution < 1.29 is 27.9 Å². The lowest BCUT2D eigenvalue weighted by molar-refractivity contribution is -0.192. The van der Waals surface area contributed by atoms with E-state index in [9.17, 15) is 18.0 Å². The molecular weight excluding hydrogens is 523 g/mol. The number of hydrogen-bond acceptors (Lipinski definition) is 5. The van der Waals surface area contributed by atoms with E-state index in [-0.39, 0.29) is 6.04 Å². The van der Waals surface area contributed by atoms with Gasteiger partial charge in [0, 0.05) is 29.4 Å². The van der Waals surface area contributed by atoms with E-state index in [1.54, 1.807) is 4.90 Å². The molecule has 200 valence electrons. The molecule has 0 spiro atoms. The monoisotopic (exact) mass is 547 g/mol. The summed E-state index contributed by atoms with van der Waals surface area (Å²) in [6.45, 7) is 4.53. The zero-order chi connectivity index (χ0) is 27.4. The molecule has 2 aliphatic rings. The SMILES string of the molecule is Cc1nnn2c1-c1ccc(C3=CCNCC3)cc1C(N(C=O)c1cccc(Cl)c1)CC2.O=C(O)C(F)(F)F. The topological polar surface area (TPSA) is 100 Å². The number of carbonyl (C=O) groups is 2. The lowest BCUT2D eigenvalue weighted by atomic mass is 9.90. The first kappa shape index (κ1) is 27.3. The van der Waals surface area contributed by atoms with Crippen LogP contribution in [-0.2, 0) is 16.1 Å². The van der Waals surface area contributed by atoms with Crippen molar-refractivity contribution in [3.8, 4) is 11.3 Å². The zero-order valence-electron chi connectivity index (χ0n) is 20.4. The average Bonchev–Trinajstić information content (AvgIpc) is 3.18. The molecule has 0 radical (unpaired) electrons. The maximum atomic E-state index is 12.3. The van der Waals surface area contributed by atoms with Crippen LogP contribution in [0.4, 0.5) is 18.9 Å². The molecule has 38 heavy (non-hydrogen) atoms. The van der Waals surface area contributed by atoms with Crippen LogP contribution in [0.2, 0.25) is 5.02 Å². The smallest absolute Gasteiger partial charge is 0.475 e. The number of nitrogens with one attached hydrogen (secondary N) is 1. The fourth-order valence-electron chi connectivity index (χ4n) is 4.67. The van der Waals surface area contributed by atoms with Gasteiger partial charge in [0.2, 0.25) is 6.41 Å². The number of benzene rings is 2. The van der Waals surface area contributed by atoms with Crippen molar-refractivity contribution in [2.75, 3.05) is 18.0 Å². The van der Waals surface area contributed by atoms with Crippen molar-refractivity contribution in [1.29, 1.82) is 0 Å². The van der Waals surface area contributed by atoms with Crippen LogP contribution in [0.25, 0.3) is 16.8 Å².